The number of carbonyl (C=O) groups is 3. The molecule has 1 aliphatic rings. The quantitative estimate of drug-likeness (QED) is 0.450. The van der Waals surface area contributed by atoms with Crippen LogP contribution in [0.2, 0.25) is 5.02 Å². The molecular formula is C19H19ClFN5O3S. The van der Waals surface area contributed by atoms with E-state index in [2.05, 4.69) is 21.3 Å². The first-order valence-electron chi connectivity index (χ1n) is 8.88. The number of benzene rings is 2. The fourth-order valence-corrected chi connectivity index (χ4v) is 3.64. The molecule has 0 aromatic heterocycles. The van der Waals surface area contributed by atoms with Crippen molar-refractivity contribution >= 4 is 46.8 Å². The lowest BCUT2D eigenvalue weighted by Gasteiger charge is -2.35. The Hall–Kier alpha value is -2.66. The molecular weight excluding hydrogens is 433 g/mol. The van der Waals surface area contributed by atoms with Crippen molar-refractivity contribution in [2.24, 2.45) is 5.73 Å². The van der Waals surface area contributed by atoms with Gasteiger partial charge in [-0.1, -0.05) is 23.7 Å². The molecule has 0 radical (unpaired) electrons. The van der Waals surface area contributed by atoms with Crippen molar-refractivity contribution in [1.29, 1.82) is 0 Å². The number of nitrogens with two attached hydrogens (primary N) is 1. The minimum Gasteiger partial charge on any atom is -0.338 e. The number of rotatable bonds is 6. The minimum atomic E-state index is -1.00. The van der Waals surface area contributed by atoms with E-state index in [4.69, 9.17) is 17.3 Å². The number of anilines is 1. The Balaban J connectivity index is 1.50. The smallest absolute Gasteiger partial charge is 0.252 e. The lowest BCUT2D eigenvalue weighted by molar-refractivity contribution is -0.125. The van der Waals surface area contributed by atoms with Crippen molar-refractivity contribution in [2.75, 3.05) is 11.1 Å². The summed E-state index contributed by atoms with van der Waals surface area (Å²) < 4.78 is 13.6. The van der Waals surface area contributed by atoms with E-state index < -0.39 is 41.2 Å². The number of hydrogen-bond donors (Lipinski definition) is 5. The summed E-state index contributed by atoms with van der Waals surface area (Å²) in [4.78, 5) is 36.7. The van der Waals surface area contributed by atoms with Crippen molar-refractivity contribution in [1.82, 2.24) is 16.0 Å². The van der Waals surface area contributed by atoms with Gasteiger partial charge in [0, 0.05) is 10.6 Å². The molecule has 1 heterocycles. The van der Waals surface area contributed by atoms with Crippen LogP contribution in [0.1, 0.15) is 10.4 Å². The molecule has 3 unspecified atom stereocenters. The van der Waals surface area contributed by atoms with Crippen LogP contribution in [-0.2, 0) is 9.59 Å². The first-order chi connectivity index (χ1) is 14.3. The lowest BCUT2D eigenvalue weighted by atomic mass is 10.1. The Bertz CT molecular complexity index is 946. The zero-order valence-electron chi connectivity index (χ0n) is 15.5. The monoisotopic (exact) mass is 451 g/mol. The first kappa shape index (κ1) is 22.0. The molecule has 2 aromatic rings. The largest absolute Gasteiger partial charge is 0.338 e. The topological polar surface area (TPSA) is 125 Å². The minimum absolute atomic E-state index is 0.0548. The van der Waals surface area contributed by atoms with Gasteiger partial charge < -0.3 is 21.7 Å². The number of carbonyl (C=O) groups excluding carboxylic acids is 3. The van der Waals surface area contributed by atoms with Crippen molar-refractivity contribution in [3.8, 4) is 0 Å². The number of para-hydroxylation sites is 1. The second-order valence-electron chi connectivity index (χ2n) is 6.38. The molecule has 30 heavy (non-hydrogen) atoms. The van der Waals surface area contributed by atoms with Crippen LogP contribution in [0.4, 0.5) is 10.1 Å². The number of halogens is 2. The SMILES string of the molecule is NC1NC(SCC(=O)Nc2ccccc2F)NC(=O)C1NC(=O)c1ccc(Cl)cc1. The van der Waals surface area contributed by atoms with Gasteiger partial charge in [-0.3, -0.25) is 19.7 Å². The van der Waals surface area contributed by atoms with E-state index in [-0.39, 0.29) is 11.4 Å². The molecule has 0 bridgehead atoms. The highest BCUT2D eigenvalue weighted by atomic mass is 35.5. The van der Waals surface area contributed by atoms with E-state index in [0.29, 0.717) is 10.6 Å². The molecule has 3 atom stereocenters. The van der Waals surface area contributed by atoms with Gasteiger partial charge in [0.1, 0.15) is 17.4 Å². The fraction of sp³-hybridized carbons (Fsp3) is 0.211. The summed E-state index contributed by atoms with van der Waals surface area (Å²) in [7, 11) is 0. The Morgan fingerprint density at radius 3 is 2.53 bits per heavy atom. The number of hydrogen-bond acceptors (Lipinski definition) is 6. The van der Waals surface area contributed by atoms with Gasteiger partial charge in [0.15, 0.2) is 0 Å². The third kappa shape index (κ3) is 5.70. The van der Waals surface area contributed by atoms with Gasteiger partial charge in [0.05, 0.1) is 17.6 Å². The first-order valence-corrected chi connectivity index (χ1v) is 10.3. The van der Waals surface area contributed by atoms with Gasteiger partial charge >= 0.3 is 0 Å². The van der Waals surface area contributed by atoms with Crippen LogP contribution in [0.5, 0.6) is 0 Å². The summed E-state index contributed by atoms with van der Waals surface area (Å²) in [5.41, 5.74) is 5.75. The molecule has 6 N–H and O–H groups in total. The maximum Gasteiger partial charge on any atom is 0.252 e. The number of thioether (sulfide) groups is 1. The second kappa shape index (κ2) is 9.90. The van der Waals surface area contributed by atoms with Crippen LogP contribution in [-0.4, -0.2) is 41.2 Å². The molecule has 0 spiro atoms. The maximum atomic E-state index is 13.6. The highest BCUT2D eigenvalue weighted by Gasteiger charge is 2.35. The van der Waals surface area contributed by atoms with Gasteiger partial charge in [0.25, 0.3) is 5.91 Å². The van der Waals surface area contributed by atoms with Crippen LogP contribution in [0.15, 0.2) is 48.5 Å². The van der Waals surface area contributed by atoms with E-state index in [1.54, 1.807) is 18.2 Å². The highest BCUT2D eigenvalue weighted by molar-refractivity contribution is 8.00. The third-order valence-electron chi connectivity index (χ3n) is 4.18. The van der Waals surface area contributed by atoms with Crippen LogP contribution in [0.3, 0.4) is 0 Å². The Morgan fingerprint density at radius 2 is 1.87 bits per heavy atom. The maximum absolute atomic E-state index is 13.6. The number of nitrogens with one attached hydrogen (secondary N) is 4. The summed E-state index contributed by atoms with van der Waals surface area (Å²) >= 11 is 6.87. The van der Waals surface area contributed by atoms with Crippen LogP contribution in [0, 0.1) is 5.82 Å². The van der Waals surface area contributed by atoms with Crippen molar-refractivity contribution in [2.45, 2.75) is 17.7 Å². The molecule has 2 aromatic carbocycles. The molecule has 1 saturated heterocycles. The predicted molar refractivity (Wildman–Crippen MR) is 113 cm³/mol. The molecule has 0 aliphatic carbocycles. The van der Waals surface area contributed by atoms with Crippen LogP contribution >= 0.6 is 23.4 Å². The normalized spacial score (nSPS) is 20.9. The summed E-state index contributed by atoms with van der Waals surface area (Å²) in [6.45, 7) is 0. The van der Waals surface area contributed by atoms with Crippen molar-refractivity contribution < 1.29 is 18.8 Å². The molecule has 8 nitrogen and oxygen atoms in total. The Kier molecular flexibility index (Phi) is 7.27. The summed E-state index contributed by atoms with van der Waals surface area (Å²) in [5.74, 6) is -2.00. The van der Waals surface area contributed by atoms with Crippen molar-refractivity contribution in [3.63, 3.8) is 0 Å². The van der Waals surface area contributed by atoms with E-state index in [1.807, 2.05) is 0 Å². The van der Waals surface area contributed by atoms with Gasteiger partial charge in [0.2, 0.25) is 11.8 Å². The van der Waals surface area contributed by atoms with Gasteiger partial charge in [-0.15, -0.1) is 11.8 Å². The zero-order valence-corrected chi connectivity index (χ0v) is 17.1. The third-order valence-corrected chi connectivity index (χ3v) is 5.45. The number of amides is 3. The average Bonchev–Trinajstić information content (AvgIpc) is 2.71. The Labute approximate surface area is 181 Å². The Morgan fingerprint density at radius 1 is 1.17 bits per heavy atom. The highest BCUT2D eigenvalue weighted by Crippen LogP contribution is 2.15. The molecule has 3 rings (SSSR count). The van der Waals surface area contributed by atoms with E-state index >= 15 is 0 Å². The molecule has 3 amide bonds. The second-order valence-corrected chi connectivity index (χ2v) is 7.91. The van der Waals surface area contributed by atoms with Gasteiger partial charge in [-0.05, 0) is 36.4 Å². The molecule has 158 valence electrons. The standard InChI is InChI=1S/C19H19ClFN5O3S/c20-11-7-5-10(6-8-11)17(28)24-15-16(22)25-19(26-18(15)29)30-9-14(27)23-13-4-2-1-3-12(13)21/h1-8,15-16,19,25H,9,22H2,(H,23,27)(H,24,28)(H,26,29). The van der Waals surface area contributed by atoms with E-state index in [9.17, 15) is 18.8 Å². The van der Waals surface area contributed by atoms with Gasteiger partial charge in [-0.25, -0.2) is 4.39 Å². The average molecular weight is 452 g/mol. The molecule has 1 fully saturated rings. The zero-order chi connectivity index (χ0) is 21.7. The van der Waals surface area contributed by atoms with Gasteiger partial charge in [-0.2, -0.15) is 0 Å². The predicted octanol–water partition coefficient (Wildman–Crippen LogP) is 1.24. The fourth-order valence-electron chi connectivity index (χ4n) is 2.67. The van der Waals surface area contributed by atoms with Crippen LogP contribution in [0.25, 0.3) is 0 Å². The van der Waals surface area contributed by atoms with Crippen molar-refractivity contribution in [3.05, 3.63) is 64.9 Å². The lowest BCUT2D eigenvalue weighted by Crippen LogP contribution is -2.70. The summed E-state index contributed by atoms with van der Waals surface area (Å²) in [6.07, 6.45) is -0.873. The van der Waals surface area contributed by atoms with Crippen LogP contribution < -0.4 is 27.0 Å². The molecule has 11 heteroatoms. The summed E-state index contributed by atoms with van der Waals surface area (Å²) in [6, 6.07) is 11.0. The summed E-state index contributed by atoms with van der Waals surface area (Å²) in [5, 5.41) is 11.1. The van der Waals surface area contributed by atoms with E-state index in [1.165, 1.54) is 30.3 Å². The molecule has 1 aliphatic heterocycles. The van der Waals surface area contributed by atoms with E-state index in [0.717, 1.165) is 11.8 Å². The molecule has 0 saturated carbocycles.